The Morgan fingerprint density at radius 2 is 2.13 bits per heavy atom. The van der Waals surface area contributed by atoms with E-state index in [0.717, 1.165) is 18.4 Å². The maximum absolute atomic E-state index is 11.6. The summed E-state index contributed by atoms with van der Waals surface area (Å²) in [4.78, 5) is 18.8. The van der Waals surface area contributed by atoms with Crippen LogP contribution in [0.3, 0.4) is 0 Å². The van der Waals surface area contributed by atoms with E-state index in [0.29, 0.717) is 17.8 Å². The Kier molecular flexibility index (Phi) is 2.78. The van der Waals surface area contributed by atoms with Crippen LogP contribution in [0.2, 0.25) is 0 Å². The molecule has 3 N–H and O–H groups in total. The number of nitrogens with one attached hydrogen (secondary N) is 1. The number of nitrogens with two attached hydrogens (primary N) is 1. The van der Waals surface area contributed by atoms with E-state index < -0.39 is 0 Å². The lowest BCUT2D eigenvalue weighted by Gasteiger charge is -2.01. The van der Waals surface area contributed by atoms with Crippen LogP contribution < -0.4 is 11.3 Å². The van der Waals surface area contributed by atoms with Crippen LogP contribution in [-0.4, -0.2) is 16.5 Å². The van der Waals surface area contributed by atoms with Gasteiger partial charge in [0.2, 0.25) is 0 Å². The first kappa shape index (κ1) is 9.86. The van der Waals surface area contributed by atoms with E-state index in [2.05, 4.69) is 9.97 Å². The van der Waals surface area contributed by atoms with Crippen molar-refractivity contribution in [3.05, 3.63) is 40.4 Å². The molecule has 4 heteroatoms. The van der Waals surface area contributed by atoms with Gasteiger partial charge in [0.05, 0.1) is 10.9 Å². The third-order valence-corrected chi connectivity index (χ3v) is 2.28. The van der Waals surface area contributed by atoms with Gasteiger partial charge in [0, 0.05) is 6.42 Å². The minimum atomic E-state index is -0.0763. The Balaban J connectivity index is 2.48. The lowest BCUT2D eigenvalue weighted by molar-refractivity contribution is 0.782. The highest BCUT2D eigenvalue weighted by molar-refractivity contribution is 5.77. The summed E-state index contributed by atoms with van der Waals surface area (Å²) in [7, 11) is 0. The molecule has 2 rings (SSSR count). The minimum absolute atomic E-state index is 0.0763. The molecule has 0 spiro atoms. The standard InChI is InChI=1S/C11H13N3O/c12-7-3-6-10-13-9-5-2-1-4-8(9)11(15)14-10/h1-2,4-5H,3,6-7,12H2,(H,13,14,15). The van der Waals surface area contributed by atoms with Crippen LogP contribution in [0.25, 0.3) is 10.9 Å². The van der Waals surface area contributed by atoms with Gasteiger partial charge in [-0.2, -0.15) is 0 Å². The highest BCUT2D eigenvalue weighted by Crippen LogP contribution is 2.06. The summed E-state index contributed by atoms with van der Waals surface area (Å²) >= 11 is 0. The molecule has 15 heavy (non-hydrogen) atoms. The van der Waals surface area contributed by atoms with Crippen molar-refractivity contribution >= 4 is 10.9 Å². The summed E-state index contributed by atoms with van der Waals surface area (Å²) in [6.45, 7) is 0.608. The summed E-state index contributed by atoms with van der Waals surface area (Å²) in [5.41, 5.74) is 6.07. The molecule has 1 heterocycles. The highest BCUT2D eigenvalue weighted by Gasteiger charge is 2.01. The average molecular weight is 203 g/mol. The largest absolute Gasteiger partial charge is 0.330 e. The predicted molar refractivity (Wildman–Crippen MR) is 59.7 cm³/mol. The molecule has 0 fully saturated rings. The number of hydrogen-bond donors (Lipinski definition) is 2. The highest BCUT2D eigenvalue weighted by atomic mass is 16.1. The van der Waals surface area contributed by atoms with E-state index >= 15 is 0 Å². The fraction of sp³-hybridized carbons (Fsp3) is 0.273. The van der Waals surface area contributed by atoms with Crippen molar-refractivity contribution in [3.63, 3.8) is 0 Å². The first-order valence-electron chi connectivity index (χ1n) is 4.99. The van der Waals surface area contributed by atoms with Gasteiger partial charge in [-0.15, -0.1) is 0 Å². The zero-order chi connectivity index (χ0) is 10.7. The van der Waals surface area contributed by atoms with Gasteiger partial charge in [0.15, 0.2) is 0 Å². The molecule has 1 aromatic carbocycles. The van der Waals surface area contributed by atoms with Crippen LogP contribution in [0, 0.1) is 0 Å². The molecule has 0 aliphatic heterocycles. The Hall–Kier alpha value is -1.68. The molecule has 0 unspecified atom stereocenters. The number of H-pyrrole nitrogens is 1. The van der Waals surface area contributed by atoms with E-state index in [1.54, 1.807) is 6.07 Å². The fourth-order valence-corrected chi connectivity index (χ4v) is 1.52. The van der Waals surface area contributed by atoms with E-state index in [-0.39, 0.29) is 5.56 Å². The monoisotopic (exact) mass is 203 g/mol. The molecule has 4 nitrogen and oxygen atoms in total. The van der Waals surface area contributed by atoms with Crippen molar-refractivity contribution in [1.29, 1.82) is 0 Å². The Morgan fingerprint density at radius 1 is 1.33 bits per heavy atom. The number of aromatic amines is 1. The van der Waals surface area contributed by atoms with Crippen molar-refractivity contribution in [2.45, 2.75) is 12.8 Å². The molecule has 0 aliphatic rings. The van der Waals surface area contributed by atoms with Crippen LogP contribution in [-0.2, 0) is 6.42 Å². The van der Waals surface area contributed by atoms with E-state index in [1.165, 1.54) is 0 Å². The van der Waals surface area contributed by atoms with Crippen molar-refractivity contribution < 1.29 is 0 Å². The SMILES string of the molecule is NCCCc1nc2ccccc2c(=O)[nH]1. The maximum Gasteiger partial charge on any atom is 0.258 e. The quantitative estimate of drug-likeness (QED) is 0.775. The van der Waals surface area contributed by atoms with Crippen LogP contribution in [0.1, 0.15) is 12.2 Å². The van der Waals surface area contributed by atoms with Gasteiger partial charge in [-0.3, -0.25) is 4.79 Å². The number of aryl methyl sites for hydroxylation is 1. The summed E-state index contributed by atoms with van der Waals surface area (Å²) in [5, 5.41) is 0.633. The second-order valence-electron chi connectivity index (χ2n) is 3.42. The van der Waals surface area contributed by atoms with Crippen LogP contribution in [0.5, 0.6) is 0 Å². The number of hydrogen-bond acceptors (Lipinski definition) is 3. The molecule has 78 valence electrons. The minimum Gasteiger partial charge on any atom is -0.330 e. The van der Waals surface area contributed by atoms with Crippen molar-refractivity contribution in [2.75, 3.05) is 6.54 Å². The zero-order valence-electron chi connectivity index (χ0n) is 8.36. The summed E-state index contributed by atoms with van der Waals surface area (Å²) < 4.78 is 0. The Labute approximate surface area is 87.1 Å². The molecular weight excluding hydrogens is 190 g/mol. The molecule has 0 saturated carbocycles. The summed E-state index contributed by atoms with van der Waals surface area (Å²) in [6.07, 6.45) is 1.55. The number of benzene rings is 1. The Bertz CT molecular complexity index is 518. The second kappa shape index (κ2) is 4.23. The van der Waals surface area contributed by atoms with Gasteiger partial charge in [-0.05, 0) is 25.1 Å². The average Bonchev–Trinajstić information content (AvgIpc) is 2.26. The molecule has 0 amide bonds. The van der Waals surface area contributed by atoms with Gasteiger partial charge >= 0.3 is 0 Å². The van der Waals surface area contributed by atoms with Crippen molar-refractivity contribution in [3.8, 4) is 0 Å². The topological polar surface area (TPSA) is 71.8 Å². The molecule has 0 bridgehead atoms. The normalized spacial score (nSPS) is 10.7. The molecular formula is C11H13N3O. The lowest BCUT2D eigenvalue weighted by Crippen LogP contribution is -2.13. The maximum atomic E-state index is 11.6. The zero-order valence-corrected chi connectivity index (χ0v) is 8.36. The smallest absolute Gasteiger partial charge is 0.258 e. The van der Waals surface area contributed by atoms with Crippen LogP contribution >= 0.6 is 0 Å². The number of fused-ring (bicyclic) bond motifs is 1. The van der Waals surface area contributed by atoms with Crippen LogP contribution in [0.4, 0.5) is 0 Å². The molecule has 0 atom stereocenters. The number of aromatic nitrogens is 2. The molecule has 2 aromatic rings. The van der Waals surface area contributed by atoms with Crippen molar-refractivity contribution in [1.82, 2.24) is 9.97 Å². The fourth-order valence-electron chi connectivity index (χ4n) is 1.52. The van der Waals surface area contributed by atoms with Gasteiger partial charge in [-0.25, -0.2) is 4.98 Å². The first-order chi connectivity index (χ1) is 7.31. The summed E-state index contributed by atoms with van der Waals surface area (Å²) in [5.74, 6) is 0.712. The number of rotatable bonds is 3. The van der Waals surface area contributed by atoms with Crippen molar-refractivity contribution in [2.24, 2.45) is 5.73 Å². The van der Waals surface area contributed by atoms with E-state index in [9.17, 15) is 4.79 Å². The summed E-state index contributed by atoms with van der Waals surface area (Å²) in [6, 6.07) is 7.32. The third-order valence-electron chi connectivity index (χ3n) is 2.28. The van der Waals surface area contributed by atoms with Gasteiger partial charge in [0.1, 0.15) is 5.82 Å². The van der Waals surface area contributed by atoms with E-state index in [4.69, 9.17) is 5.73 Å². The van der Waals surface area contributed by atoms with Crippen LogP contribution in [0.15, 0.2) is 29.1 Å². The lowest BCUT2D eigenvalue weighted by atomic mass is 10.2. The molecule has 0 saturated heterocycles. The van der Waals surface area contributed by atoms with Gasteiger partial charge in [-0.1, -0.05) is 12.1 Å². The molecule has 0 radical (unpaired) electrons. The van der Waals surface area contributed by atoms with Gasteiger partial charge in [0.25, 0.3) is 5.56 Å². The molecule has 0 aliphatic carbocycles. The number of nitrogens with zero attached hydrogens (tertiary/aromatic N) is 1. The second-order valence-corrected chi connectivity index (χ2v) is 3.42. The third kappa shape index (κ3) is 2.05. The predicted octanol–water partition coefficient (Wildman–Crippen LogP) is 0.814. The van der Waals surface area contributed by atoms with E-state index in [1.807, 2.05) is 18.2 Å². The van der Waals surface area contributed by atoms with Gasteiger partial charge < -0.3 is 10.7 Å². The first-order valence-corrected chi connectivity index (χ1v) is 4.99. The Morgan fingerprint density at radius 3 is 2.93 bits per heavy atom. The molecule has 1 aromatic heterocycles. The number of para-hydroxylation sites is 1.